The van der Waals surface area contributed by atoms with Crippen LogP contribution >= 0.6 is 15.9 Å². The first kappa shape index (κ1) is 17.2. The van der Waals surface area contributed by atoms with Gasteiger partial charge in [-0.05, 0) is 36.8 Å². The highest BCUT2D eigenvalue weighted by molar-refractivity contribution is 9.10. The first-order chi connectivity index (χ1) is 12.0. The number of carbonyl (C=O) groups excluding carboxylic acids is 2. The summed E-state index contributed by atoms with van der Waals surface area (Å²) in [7, 11) is 1.31. The molecular formula is C20H16BrNO3. The maximum absolute atomic E-state index is 13.1. The third kappa shape index (κ3) is 3.28. The summed E-state index contributed by atoms with van der Waals surface area (Å²) in [5.41, 5.74) is 2.70. The zero-order chi connectivity index (χ0) is 18.0. The average molecular weight is 398 g/mol. The maximum atomic E-state index is 13.1. The number of amides is 1. The third-order valence-corrected chi connectivity index (χ3v) is 4.46. The van der Waals surface area contributed by atoms with Crippen LogP contribution in [0.15, 0.2) is 75.9 Å². The van der Waals surface area contributed by atoms with Crippen LogP contribution in [0.3, 0.4) is 0 Å². The monoisotopic (exact) mass is 397 g/mol. The molecule has 1 amide bonds. The Morgan fingerprint density at radius 3 is 2.48 bits per heavy atom. The molecule has 0 aromatic heterocycles. The summed E-state index contributed by atoms with van der Waals surface area (Å²) in [4.78, 5) is 26.9. The van der Waals surface area contributed by atoms with E-state index < -0.39 is 5.97 Å². The van der Waals surface area contributed by atoms with Gasteiger partial charge in [-0.25, -0.2) is 4.79 Å². The van der Waals surface area contributed by atoms with Gasteiger partial charge >= 0.3 is 5.97 Å². The smallest absolute Gasteiger partial charge is 0.340 e. The number of anilines is 1. The molecule has 25 heavy (non-hydrogen) atoms. The van der Waals surface area contributed by atoms with Crippen LogP contribution in [0.4, 0.5) is 5.69 Å². The van der Waals surface area contributed by atoms with Crippen molar-refractivity contribution in [3.8, 4) is 0 Å². The van der Waals surface area contributed by atoms with Crippen LogP contribution in [0.2, 0.25) is 0 Å². The highest BCUT2D eigenvalue weighted by Crippen LogP contribution is 2.36. The van der Waals surface area contributed by atoms with Crippen molar-refractivity contribution < 1.29 is 14.3 Å². The lowest BCUT2D eigenvalue weighted by Crippen LogP contribution is -2.24. The molecule has 0 N–H and O–H groups in total. The summed E-state index contributed by atoms with van der Waals surface area (Å²) in [5.74, 6) is -0.773. The van der Waals surface area contributed by atoms with Crippen LogP contribution in [0.25, 0.3) is 6.08 Å². The molecule has 0 radical (unpaired) electrons. The zero-order valence-corrected chi connectivity index (χ0v) is 15.4. The van der Waals surface area contributed by atoms with Gasteiger partial charge in [0.05, 0.1) is 23.9 Å². The number of hydrogen-bond acceptors (Lipinski definition) is 3. The summed E-state index contributed by atoms with van der Waals surface area (Å²) in [5, 5.41) is 0. The Bertz CT molecular complexity index is 900. The molecule has 0 atom stereocenters. The Labute approximate surface area is 154 Å². The Kier molecular flexibility index (Phi) is 4.86. The molecule has 2 aromatic carbocycles. The van der Waals surface area contributed by atoms with Crippen molar-refractivity contribution in [2.75, 3.05) is 12.0 Å². The number of hydrogen-bond donors (Lipinski definition) is 0. The molecule has 0 fully saturated rings. The fourth-order valence-electron chi connectivity index (χ4n) is 2.82. The van der Waals surface area contributed by atoms with Crippen LogP contribution < -0.4 is 4.90 Å². The number of rotatable bonds is 3. The zero-order valence-electron chi connectivity index (χ0n) is 13.8. The second-order valence-corrected chi connectivity index (χ2v) is 6.46. The van der Waals surface area contributed by atoms with Gasteiger partial charge in [0.2, 0.25) is 0 Å². The number of carbonyl (C=O) groups is 2. The molecule has 2 aromatic rings. The largest absolute Gasteiger partial charge is 0.465 e. The molecule has 0 bridgehead atoms. The Hall–Kier alpha value is -2.66. The average Bonchev–Trinajstić information content (AvgIpc) is 2.85. The lowest BCUT2D eigenvalue weighted by Gasteiger charge is -2.18. The van der Waals surface area contributed by atoms with Crippen molar-refractivity contribution >= 4 is 39.6 Å². The molecule has 0 spiro atoms. The van der Waals surface area contributed by atoms with E-state index in [4.69, 9.17) is 4.74 Å². The van der Waals surface area contributed by atoms with Gasteiger partial charge in [-0.3, -0.25) is 9.69 Å². The fourth-order valence-corrected chi connectivity index (χ4v) is 3.21. The number of benzene rings is 2. The van der Waals surface area contributed by atoms with E-state index >= 15 is 0 Å². The van der Waals surface area contributed by atoms with E-state index in [1.807, 2.05) is 54.6 Å². The summed E-state index contributed by atoms with van der Waals surface area (Å²) in [6.07, 6.45) is 1.72. The quantitative estimate of drug-likeness (QED) is 0.571. The van der Waals surface area contributed by atoms with Crippen molar-refractivity contribution in [1.29, 1.82) is 0 Å². The first-order valence-electron chi connectivity index (χ1n) is 7.69. The highest BCUT2D eigenvalue weighted by Gasteiger charge is 2.37. The number of nitrogens with zero attached hydrogens (tertiary/aromatic N) is 1. The van der Waals surface area contributed by atoms with Gasteiger partial charge in [-0.1, -0.05) is 52.3 Å². The summed E-state index contributed by atoms with van der Waals surface area (Å²) in [6.45, 7) is 1.75. The summed E-state index contributed by atoms with van der Waals surface area (Å²) >= 11 is 3.42. The van der Waals surface area contributed by atoms with Crippen molar-refractivity contribution in [1.82, 2.24) is 0 Å². The van der Waals surface area contributed by atoms with Gasteiger partial charge in [0, 0.05) is 10.2 Å². The van der Waals surface area contributed by atoms with Crippen molar-refractivity contribution in [2.45, 2.75) is 6.92 Å². The van der Waals surface area contributed by atoms with Gasteiger partial charge in [0.1, 0.15) is 0 Å². The number of ether oxygens (including phenoxy) is 1. The van der Waals surface area contributed by atoms with E-state index in [0.717, 1.165) is 10.0 Å². The molecule has 1 aliphatic rings. The van der Waals surface area contributed by atoms with Crippen LogP contribution in [0, 0.1) is 0 Å². The number of esters is 1. The van der Waals surface area contributed by atoms with E-state index in [2.05, 4.69) is 15.9 Å². The number of methoxy groups -OCH3 is 1. The standard InChI is InChI=1S/C20H16BrNO3/c1-13-18(20(24)25-2)17(11-14-7-4-3-5-8-14)19(23)22(13)16-10-6-9-15(21)12-16/h3-12H,1-2H3. The second kappa shape index (κ2) is 7.07. The SMILES string of the molecule is COC(=O)C1=C(C)N(c2cccc(Br)c2)C(=O)C1=Cc1ccccc1. The Morgan fingerprint density at radius 1 is 1.12 bits per heavy atom. The van der Waals surface area contributed by atoms with Gasteiger partial charge in [0.25, 0.3) is 5.91 Å². The lowest BCUT2D eigenvalue weighted by atomic mass is 10.0. The van der Waals surface area contributed by atoms with Crippen molar-refractivity contribution in [3.05, 3.63) is 81.5 Å². The molecule has 3 rings (SSSR count). The van der Waals surface area contributed by atoms with E-state index in [1.165, 1.54) is 12.0 Å². The van der Waals surface area contributed by atoms with Gasteiger partial charge in [-0.2, -0.15) is 0 Å². The van der Waals surface area contributed by atoms with Crippen LogP contribution in [-0.2, 0) is 14.3 Å². The normalized spacial score (nSPS) is 15.9. The van der Waals surface area contributed by atoms with E-state index in [1.54, 1.807) is 13.0 Å². The van der Waals surface area contributed by atoms with Crippen LogP contribution in [0.1, 0.15) is 12.5 Å². The molecule has 4 nitrogen and oxygen atoms in total. The number of allylic oxidation sites excluding steroid dienone is 1. The molecule has 0 saturated carbocycles. The second-order valence-electron chi connectivity index (χ2n) is 5.54. The Balaban J connectivity index is 2.15. The Morgan fingerprint density at radius 2 is 1.84 bits per heavy atom. The van der Waals surface area contributed by atoms with Crippen molar-refractivity contribution in [3.63, 3.8) is 0 Å². The van der Waals surface area contributed by atoms with Gasteiger partial charge in [0.15, 0.2) is 0 Å². The van der Waals surface area contributed by atoms with Crippen molar-refractivity contribution in [2.24, 2.45) is 0 Å². The molecule has 5 heteroatoms. The predicted molar refractivity (Wildman–Crippen MR) is 101 cm³/mol. The fraction of sp³-hybridized carbons (Fsp3) is 0.100. The van der Waals surface area contributed by atoms with Crippen LogP contribution in [0.5, 0.6) is 0 Å². The van der Waals surface area contributed by atoms with Gasteiger partial charge in [-0.15, -0.1) is 0 Å². The maximum Gasteiger partial charge on any atom is 0.340 e. The molecule has 126 valence electrons. The molecular weight excluding hydrogens is 382 g/mol. The molecule has 0 unspecified atom stereocenters. The predicted octanol–water partition coefficient (Wildman–Crippen LogP) is 4.33. The third-order valence-electron chi connectivity index (χ3n) is 3.97. The van der Waals surface area contributed by atoms with E-state index in [-0.39, 0.29) is 11.5 Å². The number of halogens is 1. The lowest BCUT2D eigenvalue weighted by molar-refractivity contribution is -0.136. The molecule has 0 aliphatic carbocycles. The minimum atomic E-state index is -0.523. The first-order valence-corrected chi connectivity index (χ1v) is 8.48. The summed E-state index contributed by atoms with van der Waals surface area (Å²) < 4.78 is 5.76. The minimum absolute atomic E-state index is 0.250. The minimum Gasteiger partial charge on any atom is -0.465 e. The molecule has 0 saturated heterocycles. The molecule has 1 aliphatic heterocycles. The van der Waals surface area contributed by atoms with Gasteiger partial charge < -0.3 is 4.74 Å². The topological polar surface area (TPSA) is 46.6 Å². The van der Waals surface area contributed by atoms with E-state index in [0.29, 0.717) is 17.0 Å². The molecule has 1 heterocycles. The summed E-state index contributed by atoms with van der Waals surface area (Å²) in [6, 6.07) is 16.8. The van der Waals surface area contributed by atoms with E-state index in [9.17, 15) is 9.59 Å². The van der Waals surface area contributed by atoms with Crippen LogP contribution in [-0.4, -0.2) is 19.0 Å². The highest BCUT2D eigenvalue weighted by atomic mass is 79.9.